The molecule has 0 radical (unpaired) electrons. The highest BCUT2D eigenvalue weighted by atomic mass is 127. The Morgan fingerprint density at radius 2 is 2.00 bits per heavy atom. The smallest absolute Gasteiger partial charge is 0.132 e. The molecule has 2 heteroatoms. The number of aldehydes is 1. The zero-order valence-electron chi connectivity index (χ0n) is 7.45. The number of carbonyl (C=O) groups excluding carboxylic acids is 1. The number of benzene rings is 1. The van der Waals surface area contributed by atoms with Crippen molar-refractivity contribution < 1.29 is 4.79 Å². The molecule has 1 atom stereocenters. The Hall–Kier alpha value is -0.380. The maximum absolute atomic E-state index is 10.3. The third kappa shape index (κ3) is 4.41. The van der Waals surface area contributed by atoms with Crippen molar-refractivity contribution in [2.45, 2.75) is 23.2 Å². The lowest BCUT2D eigenvalue weighted by Gasteiger charge is -2.01. The van der Waals surface area contributed by atoms with E-state index >= 15 is 0 Å². The lowest BCUT2D eigenvalue weighted by molar-refractivity contribution is -0.107. The highest BCUT2D eigenvalue weighted by Gasteiger charge is 2.00. The second kappa shape index (κ2) is 6.13. The average molecular weight is 288 g/mol. The molecule has 0 heterocycles. The molecule has 0 aliphatic heterocycles. The summed E-state index contributed by atoms with van der Waals surface area (Å²) in [5.74, 6) is 0. The lowest BCUT2D eigenvalue weighted by Crippen LogP contribution is -1.99. The summed E-state index contributed by atoms with van der Waals surface area (Å²) in [5.41, 5.74) is 1.36. The molecule has 13 heavy (non-hydrogen) atoms. The molecule has 70 valence electrons. The Bertz CT molecular complexity index is 246. The topological polar surface area (TPSA) is 17.1 Å². The molecular formula is C11H13IO. The molecule has 0 amide bonds. The Labute approximate surface area is 92.7 Å². The first kappa shape index (κ1) is 10.7. The van der Waals surface area contributed by atoms with Crippen LogP contribution < -0.4 is 0 Å². The second-order valence-electron chi connectivity index (χ2n) is 3.03. The standard InChI is InChI=1S/C11H13IO/c12-11(9-13)8-4-7-10-5-2-1-3-6-10/h1-3,5-6,9,11H,4,7-8H2. The Morgan fingerprint density at radius 3 is 2.62 bits per heavy atom. The van der Waals surface area contributed by atoms with Gasteiger partial charge >= 0.3 is 0 Å². The van der Waals surface area contributed by atoms with Crippen molar-refractivity contribution in [1.29, 1.82) is 0 Å². The van der Waals surface area contributed by atoms with Gasteiger partial charge in [-0.2, -0.15) is 0 Å². The molecule has 0 aliphatic rings. The maximum Gasteiger partial charge on any atom is 0.132 e. The molecule has 1 rings (SSSR count). The van der Waals surface area contributed by atoms with E-state index in [4.69, 9.17) is 0 Å². The molecule has 0 saturated carbocycles. The van der Waals surface area contributed by atoms with Gasteiger partial charge in [-0.05, 0) is 24.8 Å². The number of halogens is 1. The van der Waals surface area contributed by atoms with Gasteiger partial charge in [0.15, 0.2) is 0 Å². The van der Waals surface area contributed by atoms with E-state index in [1.807, 2.05) is 6.07 Å². The van der Waals surface area contributed by atoms with Gasteiger partial charge in [0.1, 0.15) is 6.29 Å². The molecule has 0 spiro atoms. The van der Waals surface area contributed by atoms with Crippen LogP contribution in [0.3, 0.4) is 0 Å². The van der Waals surface area contributed by atoms with Crippen molar-refractivity contribution in [3.05, 3.63) is 35.9 Å². The van der Waals surface area contributed by atoms with Gasteiger partial charge in [-0.25, -0.2) is 0 Å². The van der Waals surface area contributed by atoms with Gasteiger partial charge in [-0.1, -0.05) is 52.9 Å². The normalized spacial score (nSPS) is 12.4. The quantitative estimate of drug-likeness (QED) is 0.462. The molecule has 1 aromatic carbocycles. The monoisotopic (exact) mass is 288 g/mol. The molecule has 0 aliphatic carbocycles. The summed E-state index contributed by atoms with van der Waals surface area (Å²) in [6.07, 6.45) is 4.18. The van der Waals surface area contributed by atoms with Crippen LogP contribution in [0.1, 0.15) is 18.4 Å². The number of hydrogen-bond donors (Lipinski definition) is 0. The first-order chi connectivity index (χ1) is 6.33. The van der Waals surface area contributed by atoms with Crippen LogP contribution in [0.25, 0.3) is 0 Å². The predicted molar refractivity (Wildman–Crippen MR) is 63.3 cm³/mol. The highest BCUT2D eigenvalue weighted by Crippen LogP contribution is 2.10. The fourth-order valence-corrected chi connectivity index (χ4v) is 1.65. The number of hydrogen-bond acceptors (Lipinski definition) is 1. The molecule has 0 fully saturated rings. The van der Waals surface area contributed by atoms with Gasteiger partial charge < -0.3 is 4.79 Å². The van der Waals surface area contributed by atoms with Crippen molar-refractivity contribution in [2.24, 2.45) is 0 Å². The Morgan fingerprint density at radius 1 is 1.31 bits per heavy atom. The SMILES string of the molecule is O=CC(I)CCCc1ccccc1. The van der Waals surface area contributed by atoms with Crippen molar-refractivity contribution in [1.82, 2.24) is 0 Å². The van der Waals surface area contributed by atoms with E-state index in [0.717, 1.165) is 25.5 Å². The highest BCUT2D eigenvalue weighted by molar-refractivity contribution is 14.1. The van der Waals surface area contributed by atoms with Crippen LogP contribution in [0.15, 0.2) is 30.3 Å². The number of rotatable bonds is 5. The van der Waals surface area contributed by atoms with Gasteiger partial charge in [0, 0.05) is 0 Å². The lowest BCUT2D eigenvalue weighted by atomic mass is 10.1. The minimum absolute atomic E-state index is 0.182. The van der Waals surface area contributed by atoms with Crippen LogP contribution in [-0.4, -0.2) is 10.2 Å². The van der Waals surface area contributed by atoms with Crippen LogP contribution in [0, 0.1) is 0 Å². The molecular weight excluding hydrogens is 275 g/mol. The minimum Gasteiger partial charge on any atom is -0.302 e. The summed E-state index contributed by atoms with van der Waals surface area (Å²) in [6, 6.07) is 10.4. The van der Waals surface area contributed by atoms with E-state index in [9.17, 15) is 4.79 Å². The van der Waals surface area contributed by atoms with Crippen LogP contribution in [0.4, 0.5) is 0 Å². The van der Waals surface area contributed by atoms with Crippen LogP contribution in [0.5, 0.6) is 0 Å². The van der Waals surface area contributed by atoms with Gasteiger partial charge in [-0.3, -0.25) is 0 Å². The first-order valence-corrected chi connectivity index (χ1v) is 5.71. The summed E-state index contributed by atoms with van der Waals surface area (Å²) >= 11 is 2.18. The third-order valence-corrected chi connectivity index (χ3v) is 2.85. The molecule has 0 bridgehead atoms. The molecule has 1 aromatic rings. The first-order valence-electron chi connectivity index (χ1n) is 4.46. The predicted octanol–water partition coefficient (Wildman–Crippen LogP) is 3.01. The molecule has 0 N–H and O–H groups in total. The van der Waals surface area contributed by atoms with Crippen molar-refractivity contribution in [3.8, 4) is 0 Å². The second-order valence-corrected chi connectivity index (χ2v) is 4.63. The summed E-state index contributed by atoms with van der Waals surface area (Å²) < 4.78 is 0.182. The van der Waals surface area contributed by atoms with E-state index in [1.54, 1.807) is 0 Å². The molecule has 1 unspecified atom stereocenters. The zero-order chi connectivity index (χ0) is 9.52. The fraction of sp³-hybridized carbons (Fsp3) is 0.364. The molecule has 1 nitrogen and oxygen atoms in total. The number of carbonyl (C=O) groups is 1. The largest absolute Gasteiger partial charge is 0.302 e. The van der Waals surface area contributed by atoms with E-state index in [-0.39, 0.29) is 3.92 Å². The summed E-state index contributed by atoms with van der Waals surface area (Å²) in [5, 5.41) is 0. The van der Waals surface area contributed by atoms with Gasteiger partial charge in [-0.15, -0.1) is 0 Å². The fourth-order valence-electron chi connectivity index (χ4n) is 1.21. The van der Waals surface area contributed by atoms with E-state index < -0.39 is 0 Å². The van der Waals surface area contributed by atoms with E-state index in [2.05, 4.69) is 46.9 Å². The third-order valence-electron chi connectivity index (χ3n) is 1.94. The van der Waals surface area contributed by atoms with Gasteiger partial charge in [0.2, 0.25) is 0 Å². The van der Waals surface area contributed by atoms with Gasteiger partial charge in [0.25, 0.3) is 0 Å². The molecule has 0 saturated heterocycles. The summed E-state index contributed by atoms with van der Waals surface area (Å²) in [6.45, 7) is 0. The maximum atomic E-state index is 10.3. The van der Waals surface area contributed by atoms with E-state index in [0.29, 0.717) is 0 Å². The number of alkyl halides is 1. The summed E-state index contributed by atoms with van der Waals surface area (Å²) in [7, 11) is 0. The Kier molecular flexibility index (Phi) is 5.05. The van der Waals surface area contributed by atoms with Crippen LogP contribution in [-0.2, 0) is 11.2 Å². The van der Waals surface area contributed by atoms with Crippen LogP contribution in [0.2, 0.25) is 0 Å². The van der Waals surface area contributed by atoms with Crippen molar-refractivity contribution in [3.63, 3.8) is 0 Å². The van der Waals surface area contributed by atoms with Crippen molar-refractivity contribution in [2.75, 3.05) is 0 Å². The minimum atomic E-state index is 0.182. The van der Waals surface area contributed by atoms with Crippen molar-refractivity contribution >= 4 is 28.9 Å². The number of aryl methyl sites for hydroxylation is 1. The summed E-state index contributed by atoms with van der Waals surface area (Å²) in [4.78, 5) is 10.3. The van der Waals surface area contributed by atoms with Gasteiger partial charge in [0.05, 0.1) is 3.92 Å². The average Bonchev–Trinajstić information content (AvgIpc) is 2.19. The van der Waals surface area contributed by atoms with E-state index in [1.165, 1.54) is 5.56 Å². The van der Waals surface area contributed by atoms with Crippen LogP contribution >= 0.6 is 22.6 Å². The Balaban J connectivity index is 2.24. The zero-order valence-corrected chi connectivity index (χ0v) is 9.61. The molecule has 0 aromatic heterocycles.